The van der Waals surface area contributed by atoms with E-state index >= 15 is 0 Å². The molecule has 3 heterocycles. The van der Waals surface area contributed by atoms with Crippen molar-refractivity contribution < 1.29 is 4.79 Å². The van der Waals surface area contributed by atoms with Gasteiger partial charge in [0.05, 0.1) is 12.6 Å². The topological polar surface area (TPSA) is 83.4 Å². The van der Waals surface area contributed by atoms with Gasteiger partial charge in [0.15, 0.2) is 5.65 Å². The van der Waals surface area contributed by atoms with Crippen molar-refractivity contribution >= 4 is 35.0 Å². The fraction of sp³-hybridized carbons (Fsp3) is 0.261. The van der Waals surface area contributed by atoms with E-state index in [4.69, 9.17) is 4.98 Å². The quantitative estimate of drug-likeness (QED) is 0.582. The van der Waals surface area contributed by atoms with Crippen LogP contribution in [0.3, 0.4) is 0 Å². The molecule has 0 atom stereocenters. The number of aryl methyl sites for hydroxylation is 1. The lowest BCUT2D eigenvalue weighted by molar-refractivity contribution is -0.118. The lowest BCUT2D eigenvalue weighted by Crippen LogP contribution is -2.10. The van der Waals surface area contributed by atoms with Crippen LogP contribution >= 0.6 is 0 Å². The summed E-state index contributed by atoms with van der Waals surface area (Å²) in [6.07, 6.45) is 6.59. The van der Waals surface area contributed by atoms with E-state index < -0.39 is 0 Å². The predicted molar refractivity (Wildman–Crippen MR) is 119 cm³/mol. The number of fused-ring (bicyclic) bond motifs is 1. The summed E-state index contributed by atoms with van der Waals surface area (Å²) in [6.45, 7) is 6.92. The fourth-order valence-electron chi connectivity index (χ4n) is 3.61. The van der Waals surface area contributed by atoms with Crippen LogP contribution in [0.2, 0.25) is 0 Å². The lowest BCUT2D eigenvalue weighted by atomic mass is 10.1. The Kier molecular flexibility index (Phi) is 4.50. The number of carbonyl (C=O) groups excluding carboxylic acids is 1. The number of anilines is 3. The van der Waals surface area contributed by atoms with Crippen LogP contribution in [0, 0.1) is 12.8 Å². The molecule has 2 fully saturated rings. The minimum absolute atomic E-state index is 0.0377. The molecule has 2 aromatic heterocycles. The maximum atomic E-state index is 11.7. The molecule has 3 N–H and O–H groups in total. The number of allylic oxidation sites excluding steroid dienone is 1. The van der Waals surface area contributed by atoms with Gasteiger partial charge in [-0.3, -0.25) is 4.79 Å². The standard InChI is InChI=1S/C23H24N6O/c1-14-4-3-5-19(8-14)27-20-11-21(24-12-16-6-7-16)29-23(28-20)18(13-25-29)9-17-10-22(30)26-15(17)2/h3-5,8-9,11,13,16,24H,2,6-7,10,12H2,1H3,(H,26,30)(H,27,28)/b17-9+. The molecule has 1 aliphatic carbocycles. The van der Waals surface area contributed by atoms with Crippen molar-refractivity contribution in [1.29, 1.82) is 0 Å². The fourth-order valence-corrected chi connectivity index (χ4v) is 3.61. The van der Waals surface area contributed by atoms with E-state index in [-0.39, 0.29) is 5.91 Å². The Bertz CT molecular complexity index is 1190. The molecule has 1 aromatic carbocycles. The van der Waals surface area contributed by atoms with Crippen LogP contribution < -0.4 is 16.0 Å². The van der Waals surface area contributed by atoms with Crippen molar-refractivity contribution in [3.63, 3.8) is 0 Å². The minimum Gasteiger partial charge on any atom is -0.370 e. The van der Waals surface area contributed by atoms with Gasteiger partial charge in [-0.05, 0) is 55.0 Å². The molecule has 152 valence electrons. The van der Waals surface area contributed by atoms with Crippen LogP contribution in [0.1, 0.15) is 30.4 Å². The number of aromatic nitrogens is 3. The summed E-state index contributed by atoms with van der Waals surface area (Å²) in [4.78, 5) is 16.5. The monoisotopic (exact) mass is 400 g/mol. The Morgan fingerprint density at radius 2 is 2.20 bits per heavy atom. The average Bonchev–Trinajstić information content (AvgIpc) is 3.37. The van der Waals surface area contributed by atoms with Crippen molar-refractivity contribution in [2.45, 2.75) is 26.2 Å². The van der Waals surface area contributed by atoms with Crippen LogP contribution in [0.5, 0.6) is 0 Å². The van der Waals surface area contributed by atoms with E-state index in [1.807, 2.05) is 28.8 Å². The highest BCUT2D eigenvalue weighted by molar-refractivity contribution is 5.89. The van der Waals surface area contributed by atoms with Crippen molar-refractivity contribution in [1.82, 2.24) is 19.9 Å². The lowest BCUT2D eigenvalue weighted by Gasteiger charge is -2.12. The molecule has 1 saturated carbocycles. The van der Waals surface area contributed by atoms with Crippen molar-refractivity contribution in [3.05, 3.63) is 65.5 Å². The number of hydrogen-bond acceptors (Lipinski definition) is 5. The maximum Gasteiger partial charge on any atom is 0.228 e. The molecule has 1 aliphatic heterocycles. The molecule has 0 spiro atoms. The normalized spacial score (nSPS) is 17.6. The number of carbonyl (C=O) groups is 1. The van der Waals surface area contributed by atoms with Gasteiger partial charge >= 0.3 is 0 Å². The summed E-state index contributed by atoms with van der Waals surface area (Å²) in [7, 11) is 0. The smallest absolute Gasteiger partial charge is 0.228 e. The Morgan fingerprint density at radius 1 is 1.33 bits per heavy atom. The molecule has 1 saturated heterocycles. The van der Waals surface area contributed by atoms with Gasteiger partial charge in [0.25, 0.3) is 0 Å². The van der Waals surface area contributed by atoms with Gasteiger partial charge in [0.2, 0.25) is 5.91 Å². The van der Waals surface area contributed by atoms with Gasteiger partial charge < -0.3 is 16.0 Å². The van der Waals surface area contributed by atoms with Crippen LogP contribution in [0.4, 0.5) is 17.3 Å². The molecular weight excluding hydrogens is 376 g/mol. The first-order valence-electron chi connectivity index (χ1n) is 10.2. The molecule has 0 radical (unpaired) electrons. The second-order valence-electron chi connectivity index (χ2n) is 8.05. The Balaban J connectivity index is 1.55. The third-order valence-corrected chi connectivity index (χ3v) is 5.42. The minimum atomic E-state index is -0.0377. The largest absolute Gasteiger partial charge is 0.370 e. The van der Waals surface area contributed by atoms with E-state index in [0.717, 1.165) is 46.6 Å². The van der Waals surface area contributed by atoms with Crippen molar-refractivity contribution in [2.24, 2.45) is 5.92 Å². The zero-order valence-electron chi connectivity index (χ0n) is 16.9. The third-order valence-electron chi connectivity index (χ3n) is 5.42. The number of hydrogen-bond donors (Lipinski definition) is 3. The second kappa shape index (κ2) is 7.33. The van der Waals surface area contributed by atoms with Crippen molar-refractivity contribution in [3.8, 4) is 0 Å². The summed E-state index contributed by atoms with van der Waals surface area (Å²) in [5.41, 5.74) is 5.25. The van der Waals surface area contributed by atoms with Crippen LogP contribution in [0.15, 0.2) is 54.4 Å². The molecule has 0 bridgehead atoms. The number of amides is 1. The van der Waals surface area contributed by atoms with E-state index in [0.29, 0.717) is 12.1 Å². The van der Waals surface area contributed by atoms with Crippen molar-refractivity contribution in [2.75, 3.05) is 17.2 Å². The molecule has 30 heavy (non-hydrogen) atoms. The zero-order valence-corrected chi connectivity index (χ0v) is 16.9. The molecule has 0 unspecified atom stereocenters. The van der Waals surface area contributed by atoms with E-state index in [2.05, 4.69) is 46.7 Å². The van der Waals surface area contributed by atoms with Crippen LogP contribution in [-0.4, -0.2) is 27.0 Å². The van der Waals surface area contributed by atoms with Gasteiger partial charge in [0.1, 0.15) is 11.6 Å². The number of nitrogens with one attached hydrogen (secondary N) is 3. The first kappa shape index (κ1) is 18.4. The van der Waals surface area contributed by atoms with Gasteiger partial charge in [-0.15, -0.1) is 0 Å². The van der Waals surface area contributed by atoms with E-state index in [1.54, 1.807) is 6.20 Å². The summed E-state index contributed by atoms with van der Waals surface area (Å²) in [5.74, 6) is 2.33. The molecule has 3 aromatic rings. The van der Waals surface area contributed by atoms with Gasteiger partial charge in [-0.2, -0.15) is 9.61 Å². The van der Waals surface area contributed by atoms with E-state index in [9.17, 15) is 4.79 Å². The second-order valence-corrected chi connectivity index (χ2v) is 8.05. The summed E-state index contributed by atoms with van der Waals surface area (Å²) in [5, 5.41) is 14.2. The Morgan fingerprint density at radius 3 is 2.93 bits per heavy atom. The molecule has 1 amide bonds. The predicted octanol–water partition coefficient (Wildman–Crippen LogP) is 4.02. The van der Waals surface area contributed by atoms with Gasteiger partial charge in [-0.1, -0.05) is 18.7 Å². The summed E-state index contributed by atoms with van der Waals surface area (Å²) >= 11 is 0. The number of benzene rings is 1. The third kappa shape index (κ3) is 3.78. The van der Waals surface area contributed by atoms with Crippen LogP contribution in [-0.2, 0) is 4.79 Å². The van der Waals surface area contributed by atoms with Gasteiger partial charge in [0, 0.05) is 29.6 Å². The SMILES string of the molecule is C=C1NC(=O)C/C1=C\c1cnn2c(NCC3CC3)cc(Nc3cccc(C)c3)nc12. The number of rotatable bonds is 6. The molecule has 7 heteroatoms. The van der Waals surface area contributed by atoms with Gasteiger partial charge in [-0.25, -0.2) is 4.98 Å². The molecular formula is C23H24N6O. The highest BCUT2D eigenvalue weighted by Crippen LogP contribution is 2.30. The summed E-state index contributed by atoms with van der Waals surface area (Å²) < 4.78 is 1.82. The summed E-state index contributed by atoms with van der Waals surface area (Å²) in [6, 6.07) is 10.2. The molecule has 7 nitrogen and oxygen atoms in total. The molecule has 2 aliphatic rings. The Hall–Kier alpha value is -3.61. The maximum absolute atomic E-state index is 11.7. The number of nitrogens with zero attached hydrogens (tertiary/aromatic N) is 3. The highest BCUT2D eigenvalue weighted by atomic mass is 16.1. The van der Waals surface area contributed by atoms with Crippen LogP contribution in [0.25, 0.3) is 11.7 Å². The first-order valence-corrected chi connectivity index (χ1v) is 10.2. The first-order chi connectivity index (χ1) is 14.5. The average molecular weight is 400 g/mol. The molecule has 5 rings (SSSR count). The zero-order chi connectivity index (χ0) is 20.7. The van der Waals surface area contributed by atoms with E-state index in [1.165, 1.54) is 18.4 Å². The highest BCUT2D eigenvalue weighted by Gasteiger charge is 2.22. The Labute approximate surface area is 174 Å².